The molecular formula is C20H30N2O4S2. The molecule has 2 heterocycles. The van der Waals surface area contributed by atoms with Gasteiger partial charge in [-0.15, -0.1) is 11.3 Å². The summed E-state index contributed by atoms with van der Waals surface area (Å²) in [7, 11) is 0. The highest BCUT2D eigenvalue weighted by Crippen LogP contribution is 2.25. The summed E-state index contributed by atoms with van der Waals surface area (Å²) in [5.41, 5.74) is 0.337. The molecule has 0 aromatic carbocycles. The molecule has 6 nitrogen and oxygen atoms in total. The standard InChI is InChI=1S/C20H30N2O4S2/c1-3-5-6-7-16(23)10-8-15-9-11-18(24)22(15)12-13-27-20-21-17(14-28-20)19(25)26-4-2/h8,10,14-16,23H,3-7,9,11-13H2,1-2H3/t15-,16-/m0/s1. The van der Waals surface area contributed by atoms with Crippen LogP contribution in [0, 0.1) is 0 Å². The maximum atomic E-state index is 12.2. The predicted octanol–water partition coefficient (Wildman–Crippen LogP) is 3.90. The molecule has 156 valence electrons. The summed E-state index contributed by atoms with van der Waals surface area (Å²) < 4.78 is 5.75. The number of carbonyl (C=O) groups is 2. The minimum atomic E-state index is -0.435. The summed E-state index contributed by atoms with van der Waals surface area (Å²) in [5.74, 6) is 0.468. The van der Waals surface area contributed by atoms with Crippen LogP contribution in [0.2, 0.25) is 0 Å². The van der Waals surface area contributed by atoms with Crippen LogP contribution in [0.4, 0.5) is 0 Å². The summed E-state index contributed by atoms with van der Waals surface area (Å²) in [6.07, 6.45) is 8.79. The lowest BCUT2D eigenvalue weighted by Crippen LogP contribution is -2.33. The number of amides is 1. The molecule has 1 saturated heterocycles. The van der Waals surface area contributed by atoms with Crippen LogP contribution >= 0.6 is 23.1 Å². The first-order chi connectivity index (χ1) is 13.5. The number of nitrogens with zero attached hydrogens (tertiary/aromatic N) is 2. The number of thioether (sulfide) groups is 1. The fourth-order valence-corrected chi connectivity index (χ4v) is 4.86. The molecule has 1 aromatic rings. The van der Waals surface area contributed by atoms with Crippen LogP contribution in [-0.4, -0.2) is 57.9 Å². The van der Waals surface area contributed by atoms with Gasteiger partial charge in [0.25, 0.3) is 0 Å². The van der Waals surface area contributed by atoms with Crippen LogP contribution in [0.3, 0.4) is 0 Å². The van der Waals surface area contributed by atoms with E-state index in [1.54, 1.807) is 12.3 Å². The minimum Gasteiger partial charge on any atom is -0.461 e. The van der Waals surface area contributed by atoms with Crippen molar-refractivity contribution in [2.45, 2.75) is 68.9 Å². The molecule has 0 unspecified atom stereocenters. The van der Waals surface area contributed by atoms with Gasteiger partial charge in [-0.2, -0.15) is 0 Å². The van der Waals surface area contributed by atoms with Gasteiger partial charge in [0.05, 0.1) is 18.8 Å². The largest absolute Gasteiger partial charge is 0.461 e. The highest BCUT2D eigenvalue weighted by atomic mass is 32.2. The molecule has 1 amide bonds. The molecule has 0 spiro atoms. The minimum absolute atomic E-state index is 0.0558. The molecule has 28 heavy (non-hydrogen) atoms. The van der Waals surface area contributed by atoms with Gasteiger partial charge in [-0.25, -0.2) is 9.78 Å². The quantitative estimate of drug-likeness (QED) is 0.236. The van der Waals surface area contributed by atoms with Crippen molar-refractivity contribution >= 4 is 35.0 Å². The van der Waals surface area contributed by atoms with Crippen LogP contribution in [0.15, 0.2) is 21.9 Å². The van der Waals surface area contributed by atoms with Crippen LogP contribution in [0.1, 0.15) is 62.9 Å². The third-order valence-corrected chi connectivity index (χ3v) is 6.56. The molecule has 1 aliphatic rings. The molecule has 8 heteroatoms. The van der Waals surface area contributed by atoms with Crippen molar-refractivity contribution in [3.8, 4) is 0 Å². The van der Waals surface area contributed by atoms with E-state index >= 15 is 0 Å². The van der Waals surface area contributed by atoms with E-state index in [0.717, 1.165) is 36.4 Å². The molecule has 0 radical (unpaired) electrons. The van der Waals surface area contributed by atoms with Gasteiger partial charge in [-0.1, -0.05) is 50.1 Å². The molecule has 0 saturated carbocycles. The number of esters is 1. The third kappa shape index (κ3) is 7.22. The molecule has 1 aromatic heterocycles. The number of aliphatic hydroxyl groups is 1. The molecule has 2 rings (SSSR count). The summed E-state index contributed by atoms with van der Waals surface area (Å²) in [5, 5.41) is 11.8. The maximum Gasteiger partial charge on any atom is 0.357 e. The second-order valence-corrected chi connectivity index (χ2v) is 8.91. The van der Waals surface area contributed by atoms with Gasteiger partial charge in [0.1, 0.15) is 0 Å². The smallest absolute Gasteiger partial charge is 0.357 e. The van der Waals surface area contributed by atoms with Crippen molar-refractivity contribution in [3.63, 3.8) is 0 Å². The van der Waals surface area contributed by atoms with Gasteiger partial charge in [0, 0.05) is 24.1 Å². The summed E-state index contributed by atoms with van der Waals surface area (Å²) in [6.45, 7) is 4.87. The Labute approximate surface area is 175 Å². The zero-order valence-corrected chi connectivity index (χ0v) is 18.3. The van der Waals surface area contributed by atoms with Crippen molar-refractivity contribution in [1.82, 2.24) is 9.88 Å². The Morgan fingerprint density at radius 1 is 1.50 bits per heavy atom. The number of ether oxygens (including phenoxy) is 1. The zero-order chi connectivity index (χ0) is 20.4. The molecule has 1 fully saturated rings. The van der Waals surface area contributed by atoms with E-state index in [9.17, 15) is 14.7 Å². The van der Waals surface area contributed by atoms with E-state index in [-0.39, 0.29) is 11.9 Å². The first-order valence-electron chi connectivity index (χ1n) is 9.96. The second-order valence-electron chi connectivity index (χ2n) is 6.71. The average molecular weight is 427 g/mol. The number of hydrogen-bond acceptors (Lipinski definition) is 7. The second kappa shape index (κ2) is 12.2. The first kappa shape index (κ1) is 22.9. The number of rotatable bonds is 12. The normalized spacial score (nSPS) is 18.2. The van der Waals surface area contributed by atoms with Crippen LogP contribution in [-0.2, 0) is 9.53 Å². The molecule has 2 atom stereocenters. The van der Waals surface area contributed by atoms with Gasteiger partial charge in [-0.05, 0) is 19.8 Å². The van der Waals surface area contributed by atoms with E-state index in [1.165, 1.54) is 23.1 Å². The van der Waals surface area contributed by atoms with Crippen LogP contribution < -0.4 is 0 Å². The number of unbranched alkanes of at least 4 members (excludes halogenated alkanes) is 2. The van der Waals surface area contributed by atoms with Crippen molar-refractivity contribution < 1.29 is 19.4 Å². The first-order valence-corrected chi connectivity index (χ1v) is 11.8. The SMILES string of the molecule is CCCCC[C@H](O)C=C[C@H]1CCC(=O)N1CCSc1nc(C(=O)OCC)cs1. The van der Waals surface area contributed by atoms with E-state index in [4.69, 9.17) is 4.74 Å². The third-order valence-electron chi connectivity index (χ3n) is 4.56. The summed E-state index contributed by atoms with van der Waals surface area (Å²) >= 11 is 2.95. The predicted molar refractivity (Wildman–Crippen MR) is 113 cm³/mol. The molecule has 1 aliphatic heterocycles. The van der Waals surface area contributed by atoms with Crippen molar-refractivity contribution in [1.29, 1.82) is 0 Å². The Hall–Kier alpha value is -1.38. The lowest BCUT2D eigenvalue weighted by molar-refractivity contribution is -0.128. The van der Waals surface area contributed by atoms with Gasteiger partial charge in [0.2, 0.25) is 5.91 Å². The lowest BCUT2D eigenvalue weighted by atomic mass is 10.1. The number of carbonyl (C=O) groups excluding carboxylic acids is 2. The fourth-order valence-electron chi connectivity index (χ4n) is 3.06. The van der Waals surface area contributed by atoms with Crippen LogP contribution in [0.5, 0.6) is 0 Å². The topological polar surface area (TPSA) is 79.7 Å². The van der Waals surface area contributed by atoms with Crippen molar-refractivity contribution in [2.24, 2.45) is 0 Å². The van der Waals surface area contributed by atoms with Crippen LogP contribution in [0.25, 0.3) is 0 Å². The number of likely N-dealkylation sites (tertiary alicyclic amines) is 1. The Balaban J connectivity index is 1.79. The zero-order valence-electron chi connectivity index (χ0n) is 16.6. The number of aliphatic hydroxyl groups excluding tert-OH is 1. The van der Waals surface area contributed by atoms with E-state index < -0.39 is 12.1 Å². The monoisotopic (exact) mass is 426 g/mol. The molecule has 1 N–H and O–H groups in total. The van der Waals surface area contributed by atoms with Gasteiger partial charge < -0.3 is 14.7 Å². The number of aromatic nitrogens is 1. The maximum absolute atomic E-state index is 12.2. The van der Waals surface area contributed by atoms with Gasteiger partial charge >= 0.3 is 5.97 Å². The molecule has 0 aliphatic carbocycles. The van der Waals surface area contributed by atoms with Crippen molar-refractivity contribution in [3.05, 3.63) is 23.2 Å². The lowest BCUT2D eigenvalue weighted by Gasteiger charge is -2.22. The van der Waals surface area contributed by atoms with Gasteiger partial charge in [0.15, 0.2) is 10.0 Å². The number of hydrogen-bond donors (Lipinski definition) is 1. The van der Waals surface area contributed by atoms with E-state index in [1.807, 2.05) is 17.1 Å². The summed E-state index contributed by atoms with van der Waals surface area (Å²) in [4.78, 5) is 30.0. The fraction of sp³-hybridized carbons (Fsp3) is 0.650. The molecular weight excluding hydrogens is 396 g/mol. The Morgan fingerprint density at radius 3 is 3.07 bits per heavy atom. The molecule has 0 bridgehead atoms. The Bertz CT molecular complexity index is 662. The average Bonchev–Trinajstić information content (AvgIpc) is 3.28. The highest BCUT2D eigenvalue weighted by Gasteiger charge is 2.28. The van der Waals surface area contributed by atoms with E-state index in [0.29, 0.717) is 31.0 Å². The summed E-state index contributed by atoms with van der Waals surface area (Å²) in [6, 6.07) is 0.0558. The number of thiazole rings is 1. The Morgan fingerprint density at radius 2 is 2.32 bits per heavy atom. The Kier molecular flexibility index (Phi) is 10.0. The van der Waals surface area contributed by atoms with Gasteiger partial charge in [-0.3, -0.25) is 4.79 Å². The highest BCUT2D eigenvalue weighted by molar-refractivity contribution is 8.01. The van der Waals surface area contributed by atoms with Crippen molar-refractivity contribution in [2.75, 3.05) is 18.9 Å². The van der Waals surface area contributed by atoms with E-state index in [2.05, 4.69) is 11.9 Å².